The molecule has 0 aliphatic rings. The highest BCUT2D eigenvalue weighted by atomic mass is 16.4. The first-order valence-corrected chi connectivity index (χ1v) is 9.84. The Bertz CT molecular complexity index is 1180. The number of carbonyl (C=O) groups is 2. The molecule has 0 fully saturated rings. The third kappa shape index (κ3) is 4.87. The minimum atomic E-state index is -1.17. The van der Waals surface area contributed by atoms with Crippen LogP contribution in [0.5, 0.6) is 0 Å². The number of hydrogen-bond donors (Lipinski definition) is 2. The lowest BCUT2D eigenvalue weighted by molar-refractivity contribution is -0.116. The molecule has 3 aromatic carbocycles. The smallest absolute Gasteiger partial charge is 0.358 e. The summed E-state index contributed by atoms with van der Waals surface area (Å²) in [6.45, 7) is 0. The number of oxazole rings is 1. The van der Waals surface area contributed by atoms with Crippen LogP contribution in [0.15, 0.2) is 89.3 Å². The van der Waals surface area contributed by atoms with Gasteiger partial charge in [0.05, 0.1) is 0 Å². The van der Waals surface area contributed by atoms with Gasteiger partial charge in [0.25, 0.3) is 0 Å². The normalized spacial score (nSPS) is 10.6. The maximum atomic E-state index is 12.2. The van der Waals surface area contributed by atoms with Crippen LogP contribution in [0.1, 0.15) is 22.5 Å². The second kappa shape index (κ2) is 9.09. The molecule has 0 saturated carbocycles. The molecule has 0 saturated heterocycles. The maximum Gasteiger partial charge on any atom is 0.358 e. The summed E-state index contributed by atoms with van der Waals surface area (Å²) in [6.07, 6.45) is 1.03. The van der Waals surface area contributed by atoms with Crippen LogP contribution in [0.2, 0.25) is 0 Å². The Hall–Kier alpha value is -4.19. The van der Waals surface area contributed by atoms with E-state index in [2.05, 4.69) is 10.3 Å². The van der Waals surface area contributed by atoms with E-state index in [1.807, 2.05) is 48.5 Å². The molecule has 4 rings (SSSR count). The molecule has 6 nitrogen and oxygen atoms in total. The van der Waals surface area contributed by atoms with Crippen molar-refractivity contribution >= 4 is 17.6 Å². The van der Waals surface area contributed by atoms with Gasteiger partial charge in [-0.15, -0.1) is 0 Å². The zero-order valence-corrected chi connectivity index (χ0v) is 16.6. The number of aromatic carboxylic acids is 1. The van der Waals surface area contributed by atoms with Gasteiger partial charge in [0.1, 0.15) is 0 Å². The number of carboxylic acid groups (broad SMARTS) is 1. The van der Waals surface area contributed by atoms with E-state index in [0.717, 1.165) is 5.56 Å². The second-order valence-electron chi connectivity index (χ2n) is 6.98. The highest BCUT2D eigenvalue weighted by Crippen LogP contribution is 2.30. The van der Waals surface area contributed by atoms with Gasteiger partial charge >= 0.3 is 5.97 Å². The van der Waals surface area contributed by atoms with E-state index in [9.17, 15) is 14.7 Å². The topological polar surface area (TPSA) is 92.4 Å². The average Bonchev–Trinajstić information content (AvgIpc) is 3.25. The van der Waals surface area contributed by atoms with Gasteiger partial charge < -0.3 is 14.8 Å². The number of benzene rings is 3. The molecule has 0 bridgehead atoms. The number of aromatic nitrogens is 1. The molecule has 2 N–H and O–H groups in total. The summed E-state index contributed by atoms with van der Waals surface area (Å²) in [5.41, 5.74) is 2.83. The van der Waals surface area contributed by atoms with E-state index in [0.29, 0.717) is 29.7 Å². The number of anilines is 1. The highest BCUT2D eigenvalue weighted by molar-refractivity contribution is 5.94. The van der Waals surface area contributed by atoms with Gasteiger partial charge in [-0.05, 0) is 48.4 Å². The fourth-order valence-electron chi connectivity index (χ4n) is 3.20. The molecule has 0 aliphatic carbocycles. The van der Waals surface area contributed by atoms with Gasteiger partial charge in [-0.2, -0.15) is 0 Å². The first-order valence-electron chi connectivity index (χ1n) is 9.84. The first kappa shape index (κ1) is 20.1. The van der Waals surface area contributed by atoms with Crippen LogP contribution >= 0.6 is 0 Å². The fourth-order valence-corrected chi connectivity index (χ4v) is 3.20. The lowest BCUT2D eigenvalue weighted by Crippen LogP contribution is -2.12. The zero-order valence-electron chi connectivity index (χ0n) is 16.6. The van der Waals surface area contributed by atoms with Gasteiger partial charge in [0.2, 0.25) is 11.8 Å². The van der Waals surface area contributed by atoms with Crippen LogP contribution in [0.4, 0.5) is 5.69 Å². The van der Waals surface area contributed by atoms with Crippen molar-refractivity contribution in [1.29, 1.82) is 0 Å². The number of amides is 1. The van der Waals surface area contributed by atoms with E-state index in [-0.39, 0.29) is 23.3 Å². The van der Waals surface area contributed by atoms with Crippen LogP contribution in [-0.4, -0.2) is 22.0 Å². The van der Waals surface area contributed by atoms with Crippen molar-refractivity contribution < 1.29 is 19.1 Å². The molecule has 4 aromatic rings. The van der Waals surface area contributed by atoms with Gasteiger partial charge in [0.15, 0.2) is 11.5 Å². The van der Waals surface area contributed by atoms with Crippen LogP contribution in [0.3, 0.4) is 0 Å². The summed E-state index contributed by atoms with van der Waals surface area (Å²) in [7, 11) is 0. The van der Waals surface area contributed by atoms with E-state index in [4.69, 9.17) is 4.42 Å². The van der Waals surface area contributed by atoms with Crippen LogP contribution in [0, 0.1) is 0 Å². The first-order chi connectivity index (χ1) is 15.1. The van der Waals surface area contributed by atoms with Crippen LogP contribution < -0.4 is 5.32 Å². The van der Waals surface area contributed by atoms with Crippen molar-refractivity contribution in [2.45, 2.75) is 12.8 Å². The number of carbonyl (C=O) groups excluding carboxylic acids is 1. The van der Waals surface area contributed by atoms with Crippen molar-refractivity contribution in [3.8, 4) is 22.8 Å². The summed E-state index contributed by atoms with van der Waals surface area (Å²) in [5, 5.41) is 12.4. The number of nitrogens with zero attached hydrogens (tertiary/aromatic N) is 1. The van der Waals surface area contributed by atoms with Gasteiger partial charge in [-0.25, -0.2) is 9.78 Å². The summed E-state index contributed by atoms with van der Waals surface area (Å²) in [5.74, 6) is -0.840. The summed E-state index contributed by atoms with van der Waals surface area (Å²) >= 11 is 0. The van der Waals surface area contributed by atoms with E-state index >= 15 is 0 Å². The molecule has 6 heteroatoms. The molecule has 0 atom stereocenters. The molecule has 154 valence electrons. The molecule has 0 aliphatic heterocycles. The molecule has 0 radical (unpaired) electrons. The Morgan fingerprint density at radius 3 is 2.13 bits per heavy atom. The number of hydrogen-bond acceptors (Lipinski definition) is 4. The SMILES string of the molecule is O=C(CCc1ccccc1)Nc1ccc(-c2oc(-c3ccccc3)nc2C(=O)O)cc1. The van der Waals surface area contributed by atoms with E-state index in [1.165, 1.54) is 0 Å². The minimum Gasteiger partial charge on any atom is -0.476 e. The summed E-state index contributed by atoms with van der Waals surface area (Å²) < 4.78 is 5.78. The van der Waals surface area contributed by atoms with E-state index in [1.54, 1.807) is 36.4 Å². The third-order valence-electron chi connectivity index (χ3n) is 4.76. The van der Waals surface area contributed by atoms with Crippen molar-refractivity contribution in [2.75, 3.05) is 5.32 Å². The van der Waals surface area contributed by atoms with Crippen molar-refractivity contribution in [3.05, 3.63) is 96.2 Å². The average molecular weight is 412 g/mol. The van der Waals surface area contributed by atoms with Crippen molar-refractivity contribution in [3.63, 3.8) is 0 Å². The van der Waals surface area contributed by atoms with Crippen molar-refractivity contribution in [1.82, 2.24) is 4.98 Å². The summed E-state index contributed by atoms with van der Waals surface area (Å²) in [4.78, 5) is 28.0. The zero-order chi connectivity index (χ0) is 21.6. The Morgan fingerprint density at radius 1 is 0.839 bits per heavy atom. The molecular formula is C25H20N2O4. The predicted molar refractivity (Wildman–Crippen MR) is 118 cm³/mol. The van der Waals surface area contributed by atoms with Crippen LogP contribution in [0.25, 0.3) is 22.8 Å². The molecule has 31 heavy (non-hydrogen) atoms. The highest BCUT2D eigenvalue weighted by Gasteiger charge is 2.21. The standard InChI is InChI=1S/C25H20N2O4/c28-21(16-11-17-7-3-1-4-8-17)26-20-14-12-18(13-15-20)23-22(25(29)30)27-24(31-23)19-9-5-2-6-10-19/h1-10,12-15H,11,16H2,(H,26,28)(H,29,30). The maximum absolute atomic E-state index is 12.2. The molecular weight excluding hydrogens is 392 g/mol. The third-order valence-corrected chi connectivity index (χ3v) is 4.76. The predicted octanol–water partition coefficient (Wildman–Crippen LogP) is 5.28. The summed E-state index contributed by atoms with van der Waals surface area (Å²) in [6, 6.07) is 25.8. The molecule has 0 unspecified atom stereocenters. The second-order valence-corrected chi connectivity index (χ2v) is 6.98. The Kier molecular flexibility index (Phi) is 5.89. The lowest BCUT2D eigenvalue weighted by Gasteiger charge is -2.06. The fraction of sp³-hybridized carbons (Fsp3) is 0.0800. The van der Waals surface area contributed by atoms with Gasteiger partial charge in [0, 0.05) is 23.2 Å². The van der Waals surface area contributed by atoms with Crippen LogP contribution in [-0.2, 0) is 11.2 Å². The van der Waals surface area contributed by atoms with Gasteiger partial charge in [-0.1, -0.05) is 48.5 Å². The molecule has 1 amide bonds. The monoisotopic (exact) mass is 412 g/mol. The molecule has 1 aromatic heterocycles. The number of aryl methyl sites for hydroxylation is 1. The largest absolute Gasteiger partial charge is 0.476 e. The Balaban J connectivity index is 1.48. The van der Waals surface area contributed by atoms with E-state index < -0.39 is 5.97 Å². The Labute approximate surface area is 179 Å². The Morgan fingerprint density at radius 2 is 1.48 bits per heavy atom. The molecule has 0 spiro atoms. The van der Waals surface area contributed by atoms with Gasteiger partial charge in [-0.3, -0.25) is 4.79 Å². The number of rotatable bonds is 7. The minimum absolute atomic E-state index is 0.0890. The lowest BCUT2D eigenvalue weighted by atomic mass is 10.1. The van der Waals surface area contributed by atoms with Crippen molar-refractivity contribution in [2.24, 2.45) is 0 Å². The quantitative estimate of drug-likeness (QED) is 0.431. The number of carboxylic acids is 1. The number of nitrogens with one attached hydrogen (secondary N) is 1. The molecule has 1 heterocycles.